The lowest BCUT2D eigenvalue weighted by molar-refractivity contribution is -0.116. The molecule has 1 N–H and O–H groups in total. The molecule has 1 aromatic carbocycles. The maximum Gasteiger partial charge on any atom is 0.322 e. The fourth-order valence-corrected chi connectivity index (χ4v) is 3.60. The van der Waals surface area contributed by atoms with Gasteiger partial charge >= 0.3 is 6.01 Å². The van der Waals surface area contributed by atoms with E-state index in [2.05, 4.69) is 39.2 Å². The minimum Gasteiger partial charge on any atom is -0.424 e. The molecule has 7 nitrogen and oxygen atoms in total. The zero-order valence-corrected chi connectivity index (χ0v) is 17.8. The van der Waals surface area contributed by atoms with Crippen LogP contribution in [0.2, 0.25) is 0 Å². The average molecular weight is 398 g/mol. The molecule has 1 saturated heterocycles. The van der Waals surface area contributed by atoms with Crippen molar-refractivity contribution in [3.8, 4) is 11.8 Å². The summed E-state index contributed by atoms with van der Waals surface area (Å²) in [7, 11) is 4.27. The number of hydrogen-bond donors (Lipinski definition) is 1. The third-order valence-corrected chi connectivity index (χ3v) is 5.29. The fourth-order valence-electron chi connectivity index (χ4n) is 3.60. The molecule has 29 heavy (non-hydrogen) atoms. The van der Waals surface area contributed by atoms with Crippen molar-refractivity contribution in [2.24, 2.45) is 0 Å². The van der Waals surface area contributed by atoms with Crippen LogP contribution in [0.4, 0.5) is 5.69 Å². The van der Waals surface area contributed by atoms with Gasteiger partial charge in [-0.2, -0.15) is 0 Å². The number of nitrogens with zero attached hydrogens (tertiary/aromatic N) is 4. The van der Waals surface area contributed by atoms with Crippen molar-refractivity contribution in [3.63, 3.8) is 0 Å². The number of carbonyl (C=O) groups excluding carboxylic acids is 1. The van der Waals surface area contributed by atoms with Crippen LogP contribution in [-0.2, 0) is 4.79 Å². The first-order valence-corrected chi connectivity index (χ1v) is 10.2. The van der Waals surface area contributed by atoms with Crippen LogP contribution >= 0.6 is 0 Å². The van der Waals surface area contributed by atoms with Crippen molar-refractivity contribution in [1.29, 1.82) is 0 Å². The number of amides is 1. The SMILES string of the molecule is Cc1cc(C)nc(Oc2cccc(NC(=O)CCN(C)C3CCN(C)CC3)c2)n1. The standard InChI is InChI=1S/C22H31N5O2/c1-16-14-17(2)24-22(23-16)29-20-7-5-6-18(15-20)25-21(28)10-13-27(4)19-8-11-26(3)12-9-19/h5-7,14-15,19H,8-13H2,1-4H3,(H,25,28). The Hall–Kier alpha value is -2.51. The van der Waals surface area contributed by atoms with Crippen LogP contribution in [0.15, 0.2) is 30.3 Å². The number of anilines is 1. The van der Waals surface area contributed by atoms with Crippen molar-refractivity contribution in [1.82, 2.24) is 19.8 Å². The van der Waals surface area contributed by atoms with Crippen molar-refractivity contribution in [3.05, 3.63) is 41.7 Å². The van der Waals surface area contributed by atoms with Crippen LogP contribution in [0.3, 0.4) is 0 Å². The highest BCUT2D eigenvalue weighted by molar-refractivity contribution is 5.91. The Kier molecular flexibility index (Phi) is 7.17. The second kappa shape index (κ2) is 9.80. The van der Waals surface area contributed by atoms with Gasteiger partial charge in [0.1, 0.15) is 5.75 Å². The lowest BCUT2D eigenvalue weighted by atomic mass is 10.0. The van der Waals surface area contributed by atoms with E-state index in [1.165, 1.54) is 0 Å². The van der Waals surface area contributed by atoms with E-state index in [1.54, 1.807) is 6.07 Å². The van der Waals surface area contributed by atoms with Gasteiger partial charge in [-0.15, -0.1) is 0 Å². The van der Waals surface area contributed by atoms with Crippen LogP contribution in [0.5, 0.6) is 11.8 Å². The van der Waals surface area contributed by atoms with Gasteiger partial charge in [-0.1, -0.05) is 6.07 Å². The van der Waals surface area contributed by atoms with Crippen LogP contribution in [-0.4, -0.2) is 65.4 Å². The van der Waals surface area contributed by atoms with E-state index in [1.807, 2.05) is 38.1 Å². The van der Waals surface area contributed by atoms with Crippen molar-refractivity contribution in [2.75, 3.05) is 39.0 Å². The summed E-state index contributed by atoms with van der Waals surface area (Å²) in [6, 6.07) is 10.1. The van der Waals surface area contributed by atoms with Crippen LogP contribution in [0.1, 0.15) is 30.7 Å². The Morgan fingerprint density at radius 1 is 1.21 bits per heavy atom. The largest absolute Gasteiger partial charge is 0.424 e. The molecule has 1 fully saturated rings. The first-order valence-electron chi connectivity index (χ1n) is 10.2. The zero-order chi connectivity index (χ0) is 20.8. The quantitative estimate of drug-likeness (QED) is 0.773. The smallest absolute Gasteiger partial charge is 0.322 e. The Morgan fingerprint density at radius 3 is 2.59 bits per heavy atom. The molecule has 3 rings (SSSR count). The van der Waals surface area contributed by atoms with Gasteiger partial charge < -0.3 is 19.9 Å². The molecular formula is C22H31N5O2. The van der Waals surface area contributed by atoms with Crippen molar-refractivity contribution in [2.45, 2.75) is 39.2 Å². The summed E-state index contributed by atoms with van der Waals surface area (Å²) >= 11 is 0. The monoisotopic (exact) mass is 397 g/mol. The van der Waals surface area contributed by atoms with Crippen molar-refractivity contribution < 1.29 is 9.53 Å². The number of likely N-dealkylation sites (tertiary alicyclic amines) is 1. The summed E-state index contributed by atoms with van der Waals surface area (Å²) in [5.74, 6) is 0.598. The van der Waals surface area contributed by atoms with E-state index >= 15 is 0 Å². The summed E-state index contributed by atoms with van der Waals surface area (Å²) in [6.45, 7) is 6.81. The van der Waals surface area contributed by atoms with E-state index in [9.17, 15) is 4.79 Å². The van der Waals surface area contributed by atoms with Gasteiger partial charge in [0.25, 0.3) is 0 Å². The number of ether oxygens (including phenoxy) is 1. The lowest BCUT2D eigenvalue weighted by Gasteiger charge is -2.35. The summed E-state index contributed by atoms with van der Waals surface area (Å²) in [5.41, 5.74) is 2.41. The Morgan fingerprint density at radius 2 is 1.90 bits per heavy atom. The van der Waals surface area contributed by atoms with E-state index in [-0.39, 0.29) is 5.91 Å². The molecule has 0 aliphatic carbocycles. The summed E-state index contributed by atoms with van der Waals surface area (Å²) in [6.07, 6.45) is 2.79. The molecule has 7 heteroatoms. The second-order valence-corrected chi connectivity index (χ2v) is 7.88. The number of rotatable bonds is 7. The van der Waals surface area contributed by atoms with Gasteiger partial charge in [-0.05, 0) is 72.1 Å². The first kappa shape index (κ1) is 21.2. The molecule has 0 saturated carbocycles. The molecule has 0 atom stereocenters. The topological polar surface area (TPSA) is 70.6 Å². The van der Waals surface area contributed by atoms with Gasteiger partial charge in [-0.3, -0.25) is 4.79 Å². The van der Waals surface area contributed by atoms with Gasteiger partial charge in [0.05, 0.1) is 0 Å². The lowest BCUT2D eigenvalue weighted by Crippen LogP contribution is -2.42. The van der Waals surface area contributed by atoms with Crippen LogP contribution in [0.25, 0.3) is 0 Å². The van der Waals surface area contributed by atoms with Gasteiger partial charge in [0.15, 0.2) is 0 Å². The number of aromatic nitrogens is 2. The van der Waals surface area contributed by atoms with Crippen LogP contribution < -0.4 is 10.1 Å². The number of hydrogen-bond acceptors (Lipinski definition) is 6. The Balaban J connectivity index is 1.51. The van der Waals surface area contributed by atoms with Crippen LogP contribution in [0, 0.1) is 13.8 Å². The molecule has 0 spiro atoms. The molecule has 1 aromatic heterocycles. The number of carbonyl (C=O) groups is 1. The van der Waals surface area contributed by atoms with E-state index in [4.69, 9.17) is 4.74 Å². The molecule has 0 bridgehead atoms. The zero-order valence-electron chi connectivity index (χ0n) is 17.8. The minimum atomic E-state index is 0.00424. The van der Waals surface area contributed by atoms with E-state index < -0.39 is 0 Å². The highest BCUT2D eigenvalue weighted by atomic mass is 16.5. The normalized spacial score (nSPS) is 15.5. The number of aryl methyl sites for hydroxylation is 2. The predicted molar refractivity (Wildman–Crippen MR) is 114 cm³/mol. The summed E-state index contributed by atoms with van der Waals surface area (Å²) < 4.78 is 5.76. The third-order valence-electron chi connectivity index (χ3n) is 5.29. The molecule has 0 radical (unpaired) electrons. The second-order valence-electron chi connectivity index (χ2n) is 7.88. The maximum atomic E-state index is 12.4. The first-order chi connectivity index (χ1) is 13.9. The predicted octanol–water partition coefficient (Wildman–Crippen LogP) is 3.24. The van der Waals surface area contributed by atoms with E-state index in [0.29, 0.717) is 29.9 Å². The van der Waals surface area contributed by atoms with Crippen molar-refractivity contribution >= 4 is 11.6 Å². The van der Waals surface area contributed by atoms with E-state index in [0.717, 1.165) is 43.9 Å². The molecule has 1 aliphatic rings. The van der Waals surface area contributed by atoms with Gasteiger partial charge in [-0.25, -0.2) is 9.97 Å². The highest BCUT2D eigenvalue weighted by Gasteiger charge is 2.20. The maximum absolute atomic E-state index is 12.4. The fraction of sp³-hybridized carbons (Fsp3) is 0.500. The molecule has 156 valence electrons. The summed E-state index contributed by atoms with van der Waals surface area (Å²) in [4.78, 5) is 25.6. The highest BCUT2D eigenvalue weighted by Crippen LogP contribution is 2.22. The minimum absolute atomic E-state index is 0.00424. The molecule has 2 heterocycles. The Labute approximate surface area is 173 Å². The molecule has 2 aromatic rings. The van der Waals surface area contributed by atoms with Gasteiger partial charge in [0, 0.05) is 42.1 Å². The number of benzene rings is 1. The summed E-state index contributed by atoms with van der Waals surface area (Å²) in [5, 5.41) is 2.96. The molecular weight excluding hydrogens is 366 g/mol. The average Bonchev–Trinajstić information content (AvgIpc) is 2.66. The molecule has 1 aliphatic heterocycles. The number of piperidine rings is 1. The van der Waals surface area contributed by atoms with Gasteiger partial charge in [0.2, 0.25) is 5.91 Å². The number of nitrogens with one attached hydrogen (secondary N) is 1. The molecule has 0 unspecified atom stereocenters. The molecule has 1 amide bonds. The third kappa shape index (κ3) is 6.51. The Bertz CT molecular complexity index is 813.